The van der Waals surface area contributed by atoms with Crippen molar-refractivity contribution in [2.75, 3.05) is 7.11 Å². The van der Waals surface area contributed by atoms with E-state index in [-0.39, 0.29) is 22.6 Å². The van der Waals surface area contributed by atoms with Gasteiger partial charge in [-0.15, -0.1) is 0 Å². The molecular formula is C14H18N2O3. The van der Waals surface area contributed by atoms with E-state index in [9.17, 15) is 10.1 Å². The summed E-state index contributed by atoms with van der Waals surface area (Å²) in [6.45, 7) is 4.20. The first-order chi connectivity index (χ1) is 9.04. The molecule has 0 aliphatic heterocycles. The van der Waals surface area contributed by atoms with Gasteiger partial charge < -0.3 is 4.74 Å². The fourth-order valence-electron chi connectivity index (χ4n) is 2.91. The summed E-state index contributed by atoms with van der Waals surface area (Å²) in [6, 6.07) is 1.72. The number of rotatable bonds is 3. The summed E-state index contributed by atoms with van der Waals surface area (Å²) in [6.07, 6.45) is 5.95. The first-order valence-corrected chi connectivity index (χ1v) is 6.36. The van der Waals surface area contributed by atoms with Crippen LogP contribution in [0.15, 0.2) is 24.5 Å². The zero-order valence-electron chi connectivity index (χ0n) is 11.4. The molecule has 0 amide bonds. The number of hydrogen-bond donors (Lipinski definition) is 0. The molecule has 0 aromatic carbocycles. The molecule has 0 unspecified atom stereocenters. The van der Waals surface area contributed by atoms with Gasteiger partial charge >= 0.3 is 0 Å². The molecule has 1 aromatic rings. The van der Waals surface area contributed by atoms with Crippen molar-refractivity contribution < 1.29 is 9.66 Å². The van der Waals surface area contributed by atoms with Crippen LogP contribution in [0.1, 0.15) is 25.8 Å². The Morgan fingerprint density at radius 2 is 2.21 bits per heavy atom. The average Bonchev–Trinajstić information content (AvgIpc) is 2.38. The van der Waals surface area contributed by atoms with Crippen molar-refractivity contribution in [3.05, 3.63) is 40.2 Å². The molecule has 0 saturated heterocycles. The van der Waals surface area contributed by atoms with Crippen LogP contribution in [0.2, 0.25) is 0 Å². The van der Waals surface area contributed by atoms with E-state index in [2.05, 4.69) is 24.9 Å². The van der Waals surface area contributed by atoms with E-state index in [4.69, 9.17) is 4.74 Å². The zero-order valence-corrected chi connectivity index (χ0v) is 11.4. The maximum Gasteiger partial charge on any atom is 0.294 e. The van der Waals surface area contributed by atoms with Gasteiger partial charge in [0.1, 0.15) is 6.20 Å². The van der Waals surface area contributed by atoms with Crippen LogP contribution in [0.25, 0.3) is 5.57 Å². The number of allylic oxidation sites excluding steroid dienone is 1. The minimum atomic E-state index is -0.374. The molecule has 0 radical (unpaired) electrons. The van der Waals surface area contributed by atoms with Crippen molar-refractivity contribution in [3.63, 3.8) is 0 Å². The second-order valence-electron chi connectivity index (χ2n) is 5.08. The molecule has 0 bridgehead atoms. The molecule has 0 saturated carbocycles. The van der Waals surface area contributed by atoms with Crippen LogP contribution < -0.4 is 0 Å². The topological polar surface area (TPSA) is 65.3 Å². The van der Waals surface area contributed by atoms with Crippen LogP contribution in [-0.2, 0) is 4.74 Å². The fraction of sp³-hybridized carbons (Fsp3) is 0.500. The Balaban J connectivity index is 2.41. The van der Waals surface area contributed by atoms with Gasteiger partial charge in [-0.05, 0) is 24.0 Å². The minimum Gasteiger partial charge on any atom is -0.381 e. The number of hydrogen-bond acceptors (Lipinski definition) is 4. The van der Waals surface area contributed by atoms with Gasteiger partial charge in [0.05, 0.1) is 16.6 Å². The summed E-state index contributed by atoms with van der Waals surface area (Å²) in [5.74, 6) is 0.587. The molecular weight excluding hydrogens is 244 g/mol. The van der Waals surface area contributed by atoms with Gasteiger partial charge in [0, 0.05) is 19.2 Å². The summed E-state index contributed by atoms with van der Waals surface area (Å²) in [7, 11) is 1.71. The quantitative estimate of drug-likeness (QED) is 0.620. The molecule has 102 valence electrons. The predicted molar refractivity (Wildman–Crippen MR) is 72.6 cm³/mol. The lowest BCUT2D eigenvalue weighted by atomic mass is 9.79. The van der Waals surface area contributed by atoms with E-state index >= 15 is 0 Å². The van der Waals surface area contributed by atoms with E-state index in [0.29, 0.717) is 11.5 Å². The highest BCUT2D eigenvalue weighted by atomic mass is 16.6. The van der Waals surface area contributed by atoms with Gasteiger partial charge in [0.25, 0.3) is 5.69 Å². The fourth-order valence-corrected chi connectivity index (χ4v) is 2.91. The van der Waals surface area contributed by atoms with E-state index in [1.165, 1.54) is 6.20 Å². The number of pyridine rings is 1. The van der Waals surface area contributed by atoms with E-state index in [1.54, 1.807) is 19.4 Å². The largest absolute Gasteiger partial charge is 0.381 e. The van der Waals surface area contributed by atoms with Crippen molar-refractivity contribution in [1.82, 2.24) is 4.98 Å². The Morgan fingerprint density at radius 3 is 2.79 bits per heavy atom. The summed E-state index contributed by atoms with van der Waals surface area (Å²) in [5.41, 5.74) is 1.76. The third kappa shape index (κ3) is 2.66. The number of nitrogens with zero attached hydrogens (tertiary/aromatic N) is 2. The van der Waals surface area contributed by atoms with Crippen molar-refractivity contribution >= 4 is 11.3 Å². The first-order valence-electron chi connectivity index (χ1n) is 6.36. The standard InChI is InChI=1S/C14H18N2O3/c1-9-6-11(7-10(2)14(9)19-3)12-4-5-15-8-13(12)16(17)18/h4-6,8-10,14H,7H2,1-3H3/t9-,10+,14+/m1/s1. The molecule has 5 nitrogen and oxygen atoms in total. The number of methoxy groups -OCH3 is 1. The lowest BCUT2D eigenvalue weighted by Crippen LogP contribution is -2.30. The Bertz CT molecular complexity index is 513. The molecule has 0 spiro atoms. The normalized spacial score (nSPS) is 26.9. The van der Waals surface area contributed by atoms with Crippen molar-refractivity contribution in [3.8, 4) is 0 Å². The third-order valence-corrected chi connectivity index (χ3v) is 3.70. The van der Waals surface area contributed by atoms with Crippen LogP contribution in [0.4, 0.5) is 5.69 Å². The maximum atomic E-state index is 11.1. The molecule has 1 aromatic heterocycles. The van der Waals surface area contributed by atoms with E-state index in [1.807, 2.05) is 0 Å². The highest BCUT2D eigenvalue weighted by Gasteiger charge is 2.30. The molecule has 0 fully saturated rings. The maximum absolute atomic E-state index is 11.1. The predicted octanol–water partition coefficient (Wildman–Crippen LogP) is 3.06. The minimum absolute atomic E-state index is 0.0732. The molecule has 1 heterocycles. The highest BCUT2D eigenvalue weighted by molar-refractivity contribution is 5.73. The summed E-state index contributed by atoms with van der Waals surface area (Å²) in [4.78, 5) is 14.5. The molecule has 2 rings (SSSR count). The number of aromatic nitrogens is 1. The lowest BCUT2D eigenvalue weighted by Gasteiger charge is -2.32. The second kappa shape index (κ2) is 5.48. The summed E-state index contributed by atoms with van der Waals surface area (Å²) < 4.78 is 5.49. The van der Waals surface area contributed by atoms with Crippen LogP contribution in [0.3, 0.4) is 0 Å². The monoisotopic (exact) mass is 262 g/mol. The Morgan fingerprint density at radius 1 is 1.47 bits per heavy atom. The smallest absolute Gasteiger partial charge is 0.294 e. The van der Waals surface area contributed by atoms with Gasteiger partial charge in [-0.1, -0.05) is 19.9 Å². The van der Waals surface area contributed by atoms with Gasteiger partial charge in [0.15, 0.2) is 0 Å². The van der Waals surface area contributed by atoms with E-state index < -0.39 is 0 Å². The molecule has 0 N–H and O–H groups in total. The zero-order chi connectivity index (χ0) is 14.0. The van der Waals surface area contributed by atoms with Crippen molar-refractivity contribution in [2.24, 2.45) is 11.8 Å². The van der Waals surface area contributed by atoms with Crippen LogP contribution in [0.5, 0.6) is 0 Å². The molecule has 1 aliphatic carbocycles. The third-order valence-electron chi connectivity index (χ3n) is 3.70. The van der Waals surface area contributed by atoms with Crippen LogP contribution in [-0.4, -0.2) is 23.1 Å². The molecule has 5 heteroatoms. The van der Waals surface area contributed by atoms with Crippen molar-refractivity contribution in [1.29, 1.82) is 0 Å². The average molecular weight is 262 g/mol. The second-order valence-corrected chi connectivity index (χ2v) is 5.08. The number of nitro groups is 1. The van der Waals surface area contributed by atoms with Crippen LogP contribution in [0, 0.1) is 22.0 Å². The molecule has 19 heavy (non-hydrogen) atoms. The van der Waals surface area contributed by atoms with Gasteiger partial charge in [0.2, 0.25) is 0 Å². The van der Waals surface area contributed by atoms with Crippen LogP contribution >= 0.6 is 0 Å². The molecule has 1 aliphatic rings. The van der Waals surface area contributed by atoms with Gasteiger partial charge in [-0.25, -0.2) is 0 Å². The summed E-state index contributed by atoms with van der Waals surface area (Å²) >= 11 is 0. The SMILES string of the molecule is CO[C@H]1[C@H](C)C=C(c2ccncc2[N+](=O)[O-])C[C@@H]1C. The Hall–Kier alpha value is -1.75. The number of ether oxygens (including phenoxy) is 1. The highest BCUT2D eigenvalue weighted by Crippen LogP contribution is 2.37. The van der Waals surface area contributed by atoms with Gasteiger partial charge in [-0.2, -0.15) is 0 Å². The Labute approximate surface area is 112 Å². The lowest BCUT2D eigenvalue weighted by molar-refractivity contribution is -0.385. The Kier molecular flexibility index (Phi) is 3.95. The van der Waals surface area contributed by atoms with Crippen molar-refractivity contribution in [2.45, 2.75) is 26.4 Å². The van der Waals surface area contributed by atoms with Gasteiger partial charge in [-0.3, -0.25) is 15.1 Å². The van der Waals surface area contributed by atoms with E-state index in [0.717, 1.165) is 12.0 Å². The first kappa shape index (κ1) is 13.7. The molecule has 3 atom stereocenters. The summed E-state index contributed by atoms with van der Waals surface area (Å²) in [5, 5.41) is 11.1.